The molecule has 0 radical (unpaired) electrons. The van der Waals surface area contributed by atoms with Gasteiger partial charge in [-0.05, 0) is 35.7 Å². The molecule has 0 fully saturated rings. The summed E-state index contributed by atoms with van der Waals surface area (Å²) in [6.45, 7) is 2.21. The number of carbonyl (C=O) groups excluding carboxylic acids is 1. The molecule has 20 heavy (non-hydrogen) atoms. The molecule has 1 heterocycles. The van der Waals surface area contributed by atoms with E-state index in [0.717, 1.165) is 11.1 Å². The molecule has 1 aromatic heterocycles. The van der Waals surface area contributed by atoms with E-state index < -0.39 is 23.7 Å². The summed E-state index contributed by atoms with van der Waals surface area (Å²) in [6, 6.07) is -1.20. The van der Waals surface area contributed by atoms with Gasteiger partial charge in [-0.15, -0.1) is 0 Å². The van der Waals surface area contributed by atoms with Gasteiger partial charge in [0, 0.05) is 6.54 Å². The van der Waals surface area contributed by atoms with Crippen molar-refractivity contribution in [2.45, 2.75) is 32.1 Å². The second kappa shape index (κ2) is 5.70. The normalized spacial score (nSPS) is 14.4. The number of halogens is 3. The second-order valence-corrected chi connectivity index (χ2v) is 5.06. The Balaban J connectivity index is 2.69. The van der Waals surface area contributed by atoms with Gasteiger partial charge in [-0.1, -0.05) is 0 Å². The summed E-state index contributed by atoms with van der Waals surface area (Å²) in [5.74, 6) is -2.17. The van der Waals surface area contributed by atoms with Gasteiger partial charge >= 0.3 is 18.2 Å². The van der Waals surface area contributed by atoms with Gasteiger partial charge in [0.1, 0.15) is 0 Å². The first kappa shape index (κ1) is 16.3. The summed E-state index contributed by atoms with van der Waals surface area (Å²) in [6.07, 6.45) is -5.10. The minimum Gasteiger partial charge on any atom is -0.479 e. The molecule has 0 saturated carbocycles. The molecule has 3 N–H and O–H groups in total. The summed E-state index contributed by atoms with van der Waals surface area (Å²) >= 11 is 1.39. The van der Waals surface area contributed by atoms with Crippen molar-refractivity contribution < 1.29 is 27.9 Å². The number of amides is 2. The third kappa shape index (κ3) is 3.41. The Hall–Kier alpha value is -1.77. The van der Waals surface area contributed by atoms with Gasteiger partial charge in [0.05, 0.1) is 0 Å². The summed E-state index contributed by atoms with van der Waals surface area (Å²) in [5, 5.41) is 15.9. The zero-order valence-electron chi connectivity index (χ0n) is 10.7. The van der Waals surface area contributed by atoms with E-state index in [0.29, 0.717) is 6.92 Å². The van der Waals surface area contributed by atoms with Crippen LogP contribution in [0.15, 0.2) is 10.8 Å². The number of alkyl halides is 3. The van der Waals surface area contributed by atoms with Crippen molar-refractivity contribution in [3.63, 3.8) is 0 Å². The highest BCUT2D eigenvalue weighted by atomic mass is 32.1. The molecule has 112 valence electrons. The van der Waals surface area contributed by atoms with Crippen LogP contribution >= 0.6 is 11.3 Å². The number of carboxylic acid groups (broad SMARTS) is 1. The molecule has 0 aromatic carbocycles. The van der Waals surface area contributed by atoms with Crippen LogP contribution in [0.5, 0.6) is 0 Å². The van der Waals surface area contributed by atoms with Crippen molar-refractivity contribution in [2.24, 2.45) is 0 Å². The highest BCUT2D eigenvalue weighted by Crippen LogP contribution is 2.30. The molecule has 0 aliphatic rings. The van der Waals surface area contributed by atoms with Crippen molar-refractivity contribution in [1.82, 2.24) is 10.6 Å². The van der Waals surface area contributed by atoms with Crippen LogP contribution in [-0.2, 0) is 11.3 Å². The highest BCUT2D eigenvalue weighted by Gasteiger charge is 2.58. The number of aryl methyl sites for hydroxylation is 1. The number of rotatable bonds is 4. The van der Waals surface area contributed by atoms with Gasteiger partial charge in [-0.25, -0.2) is 9.59 Å². The molecule has 1 aromatic rings. The van der Waals surface area contributed by atoms with E-state index in [2.05, 4.69) is 5.32 Å². The van der Waals surface area contributed by atoms with Crippen LogP contribution in [0.4, 0.5) is 18.0 Å². The molecule has 1 unspecified atom stereocenters. The summed E-state index contributed by atoms with van der Waals surface area (Å²) < 4.78 is 38.0. The van der Waals surface area contributed by atoms with Crippen molar-refractivity contribution in [3.8, 4) is 0 Å². The van der Waals surface area contributed by atoms with Crippen molar-refractivity contribution in [2.75, 3.05) is 0 Å². The number of nitrogens with one attached hydrogen (secondary N) is 2. The zero-order chi connectivity index (χ0) is 15.6. The lowest BCUT2D eigenvalue weighted by molar-refractivity contribution is -0.203. The van der Waals surface area contributed by atoms with Crippen LogP contribution < -0.4 is 10.6 Å². The fraction of sp³-hybridized carbons (Fsp3) is 0.455. The van der Waals surface area contributed by atoms with Crippen LogP contribution in [0, 0.1) is 6.92 Å². The molecule has 1 rings (SSSR count). The number of carbonyl (C=O) groups is 2. The number of aliphatic carboxylic acids is 1. The van der Waals surface area contributed by atoms with Crippen LogP contribution in [0.25, 0.3) is 0 Å². The molecule has 1 atom stereocenters. The van der Waals surface area contributed by atoms with Gasteiger partial charge < -0.3 is 15.7 Å². The number of carboxylic acids is 1. The average Bonchev–Trinajstić information content (AvgIpc) is 2.70. The van der Waals surface area contributed by atoms with Crippen molar-refractivity contribution in [3.05, 3.63) is 21.9 Å². The molecule has 0 aliphatic heterocycles. The molecular weight excluding hydrogens is 297 g/mol. The van der Waals surface area contributed by atoms with Crippen LogP contribution in [0.1, 0.15) is 18.1 Å². The largest absolute Gasteiger partial charge is 0.479 e. The van der Waals surface area contributed by atoms with Crippen LogP contribution in [-0.4, -0.2) is 28.8 Å². The van der Waals surface area contributed by atoms with E-state index in [-0.39, 0.29) is 6.54 Å². The molecule has 9 heteroatoms. The predicted molar refractivity (Wildman–Crippen MR) is 66.5 cm³/mol. The standard InChI is InChI=1S/C11H13F3N2O3S/c1-6-4-20-5-7(6)3-15-9(19)16-10(2,8(17)18)11(12,13)14/h4-5H,3H2,1-2H3,(H,17,18)(H2,15,16,19). The number of hydrogen-bond acceptors (Lipinski definition) is 3. The Morgan fingerprint density at radius 2 is 1.95 bits per heavy atom. The van der Waals surface area contributed by atoms with Gasteiger partial charge in [0.2, 0.25) is 5.54 Å². The molecule has 0 bridgehead atoms. The Bertz CT molecular complexity index is 515. The monoisotopic (exact) mass is 310 g/mol. The fourth-order valence-corrected chi connectivity index (χ4v) is 2.12. The summed E-state index contributed by atoms with van der Waals surface area (Å²) in [7, 11) is 0. The SMILES string of the molecule is Cc1cscc1CNC(=O)NC(C)(C(=O)O)C(F)(F)F. The molecule has 2 amide bonds. The van der Waals surface area contributed by atoms with E-state index in [4.69, 9.17) is 5.11 Å². The predicted octanol–water partition coefficient (Wildman–Crippen LogP) is 2.26. The lowest BCUT2D eigenvalue weighted by Crippen LogP contribution is -2.63. The topological polar surface area (TPSA) is 78.4 Å². The van der Waals surface area contributed by atoms with Crippen LogP contribution in [0.3, 0.4) is 0 Å². The first-order valence-corrected chi connectivity index (χ1v) is 6.40. The van der Waals surface area contributed by atoms with E-state index >= 15 is 0 Å². The average molecular weight is 310 g/mol. The highest BCUT2D eigenvalue weighted by molar-refractivity contribution is 7.08. The number of urea groups is 1. The van der Waals surface area contributed by atoms with Gasteiger partial charge in [-0.3, -0.25) is 0 Å². The smallest absolute Gasteiger partial charge is 0.422 e. The Kier molecular flexibility index (Phi) is 4.64. The van der Waals surface area contributed by atoms with E-state index in [1.54, 1.807) is 12.3 Å². The van der Waals surface area contributed by atoms with E-state index in [9.17, 15) is 22.8 Å². The maximum absolute atomic E-state index is 12.7. The Labute approximate surface area is 116 Å². The number of thiophene rings is 1. The maximum atomic E-state index is 12.7. The lowest BCUT2D eigenvalue weighted by Gasteiger charge is -2.28. The third-order valence-electron chi connectivity index (χ3n) is 2.76. The third-order valence-corrected chi connectivity index (χ3v) is 3.67. The van der Waals surface area contributed by atoms with Gasteiger partial charge in [-0.2, -0.15) is 24.5 Å². The second-order valence-electron chi connectivity index (χ2n) is 4.32. The maximum Gasteiger partial charge on any atom is 0.422 e. The lowest BCUT2D eigenvalue weighted by atomic mass is 10.0. The summed E-state index contributed by atoms with van der Waals surface area (Å²) in [5.41, 5.74) is -1.68. The molecule has 5 nitrogen and oxygen atoms in total. The zero-order valence-corrected chi connectivity index (χ0v) is 11.5. The molecule has 0 spiro atoms. The van der Waals surface area contributed by atoms with Gasteiger partial charge in [0.15, 0.2) is 0 Å². The Morgan fingerprint density at radius 1 is 1.35 bits per heavy atom. The first-order chi connectivity index (χ1) is 9.08. The minimum absolute atomic E-state index is 0.0225. The first-order valence-electron chi connectivity index (χ1n) is 5.45. The van der Waals surface area contributed by atoms with Crippen molar-refractivity contribution >= 4 is 23.3 Å². The fourth-order valence-electron chi connectivity index (χ4n) is 1.26. The van der Waals surface area contributed by atoms with E-state index in [1.807, 2.05) is 5.38 Å². The number of hydrogen-bond donors (Lipinski definition) is 3. The summed E-state index contributed by atoms with van der Waals surface area (Å²) in [4.78, 5) is 22.2. The van der Waals surface area contributed by atoms with E-state index in [1.165, 1.54) is 16.7 Å². The molecule has 0 saturated heterocycles. The molecule has 0 aliphatic carbocycles. The quantitative estimate of drug-likeness (QED) is 0.798. The molecular formula is C11H13F3N2O3S. The van der Waals surface area contributed by atoms with Crippen LogP contribution in [0.2, 0.25) is 0 Å². The Morgan fingerprint density at radius 3 is 2.35 bits per heavy atom. The van der Waals surface area contributed by atoms with Gasteiger partial charge in [0.25, 0.3) is 0 Å². The van der Waals surface area contributed by atoms with Crippen molar-refractivity contribution in [1.29, 1.82) is 0 Å². The minimum atomic E-state index is -5.10.